The molecule has 0 radical (unpaired) electrons. The van der Waals surface area contributed by atoms with Crippen molar-refractivity contribution in [3.05, 3.63) is 48.9 Å². The molecule has 9 heteroatoms. The van der Waals surface area contributed by atoms with E-state index < -0.39 is 6.36 Å². The van der Waals surface area contributed by atoms with Crippen LogP contribution < -0.4 is 4.74 Å². The number of halogens is 3. The van der Waals surface area contributed by atoms with E-state index in [4.69, 9.17) is 4.52 Å². The van der Waals surface area contributed by atoms with Gasteiger partial charge in [-0.2, -0.15) is 4.98 Å². The molecule has 130 valence electrons. The number of aromatic nitrogens is 4. The van der Waals surface area contributed by atoms with Crippen molar-refractivity contribution in [1.82, 2.24) is 19.7 Å². The van der Waals surface area contributed by atoms with E-state index in [-0.39, 0.29) is 17.5 Å². The van der Waals surface area contributed by atoms with Crippen LogP contribution in [0.3, 0.4) is 0 Å². The summed E-state index contributed by atoms with van der Waals surface area (Å²) in [5.74, 6) is 0.561. The van der Waals surface area contributed by atoms with Crippen molar-refractivity contribution in [1.29, 1.82) is 0 Å². The van der Waals surface area contributed by atoms with Gasteiger partial charge in [-0.25, -0.2) is 4.98 Å². The van der Waals surface area contributed by atoms with Crippen molar-refractivity contribution in [2.45, 2.75) is 31.2 Å². The number of rotatable bonds is 4. The molecule has 0 atom stereocenters. The van der Waals surface area contributed by atoms with E-state index in [2.05, 4.69) is 19.9 Å². The number of ether oxygens (including phenoxy) is 1. The minimum Gasteiger partial charge on any atom is -0.406 e. The summed E-state index contributed by atoms with van der Waals surface area (Å²) in [5.41, 5.74) is 0.405. The molecule has 0 spiro atoms. The lowest BCUT2D eigenvalue weighted by atomic mass is 9.80. The molecule has 0 N–H and O–H groups in total. The lowest BCUT2D eigenvalue weighted by molar-refractivity contribution is -0.274. The van der Waals surface area contributed by atoms with E-state index in [1.54, 1.807) is 18.6 Å². The van der Waals surface area contributed by atoms with Crippen LogP contribution in [0.4, 0.5) is 13.2 Å². The number of hydrogen-bond donors (Lipinski definition) is 0. The van der Waals surface area contributed by atoms with Gasteiger partial charge in [0.2, 0.25) is 11.7 Å². The largest absolute Gasteiger partial charge is 0.573 e. The highest BCUT2D eigenvalue weighted by molar-refractivity contribution is 5.56. The normalized spacial score (nSPS) is 20.3. The Kier molecular flexibility index (Phi) is 3.70. The van der Waals surface area contributed by atoms with Gasteiger partial charge in [0.05, 0.1) is 6.33 Å². The average molecular weight is 350 g/mol. The standard InChI is InChI=1S/C16H13F3N4O2/c17-16(18,19)24-13-3-1-2-10(8-13)14-21-15(25-22-14)11-6-12(7-11)23-5-4-20-9-23/h1-5,8-9,11-12H,6-7H2. The van der Waals surface area contributed by atoms with Crippen LogP contribution in [0.2, 0.25) is 0 Å². The summed E-state index contributed by atoms with van der Waals surface area (Å²) in [6, 6.07) is 5.86. The maximum absolute atomic E-state index is 12.3. The maximum Gasteiger partial charge on any atom is 0.573 e. The smallest absolute Gasteiger partial charge is 0.406 e. The van der Waals surface area contributed by atoms with Crippen LogP contribution in [-0.4, -0.2) is 26.1 Å². The van der Waals surface area contributed by atoms with E-state index in [1.807, 2.05) is 10.8 Å². The van der Waals surface area contributed by atoms with Gasteiger partial charge >= 0.3 is 6.36 Å². The fraction of sp³-hybridized carbons (Fsp3) is 0.312. The van der Waals surface area contributed by atoms with Crippen LogP contribution >= 0.6 is 0 Å². The predicted molar refractivity (Wildman–Crippen MR) is 79.7 cm³/mol. The van der Waals surface area contributed by atoms with Gasteiger partial charge in [0.1, 0.15) is 5.75 Å². The summed E-state index contributed by atoms with van der Waals surface area (Å²) in [6.07, 6.45) is 2.38. The first-order valence-corrected chi connectivity index (χ1v) is 7.65. The zero-order valence-electron chi connectivity index (χ0n) is 12.8. The third-order valence-electron chi connectivity index (χ3n) is 4.18. The Morgan fingerprint density at radius 3 is 2.80 bits per heavy atom. The lowest BCUT2D eigenvalue weighted by Gasteiger charge is -2.33. The van der Waals surface area contributed by atoms with Gasteiger partial charge in [-0.3, -0.25) is 0 Å². The van der Waals surface area contributed by atoms with Crippen LogP contribution in [0.5, 0.6) is 5.75 Å². The predicted octanol–water partition coefficient (Wildman–Crippen LogP) is 3.95. The minimum atomic E-state index is -4.74. The summed E-state index contributed by atoms with van der Waals surface area (Å²) in [6.45, 7) is 0. The highest BCUT2D eigenvalue weighted by Gasteiger charge is 2.35. The van der Waals surface area contributed by atoms with E-state index in [9.17, 15) is 13.2 Å². The molecule has 3 aromatic rings. The number of hydrogen-bond acceptors (Lipinski definition) is 5. The van der Waals surface area contributed by atoms with Crippen molar-refractivity contribution in [3.8, 4) is 17.1 Å². The fourth-order valence-corrected chi connectivity index (χ4v) is 2.87. The van der Waals surface area contributed by atoms with Gasteiger partial charge in [-0.1, -0.05) is 17.3 Å². The maximum atomic E-state index is 12.3. The quantitative estimate of drug-likeness (QED) is 0.713. The van der Waals surface area contributed by atoms with Crippen LogP contribution in [0.15, 0.2) is 47.5 Å². The second kappa shape index (κ2) is 5.91. The molecule has 1 aliphatic rings. The van der Waals surface area contributed by atoms with Gasteiger partial charge in [-0.15, -0.1) is 13.2 Å². The monoisotopic (exact) mass is 350 g/mol. The first-order valence-electron chi connectivity index (χ1n) is 7.65. The molecule has 4 rings (SSSR count). The molecule has 6 nitrogen and oxygen atoms in total. The van der Waals surface area contributed by atoms with E-state index >= 15 is 0 Å². The summed E-state index contributed by atoms with van der Waals surface area (Å²) < 4.78 is 48.2. The Hall–Kier alpha value is -2.84. The topological polar surface area (TPSA) is 66.0 Å². The van der Waals surface area contributed by atoms with Crippen molar-refractivity contribution >= 4 is 0 Å². The van der Waals surface area contributed by atoms with Gasteiger partial charge in [-0.05, 0) is 25.0 Å². The van der Waals surface area contributed by atoms with Crippen LogP contribution in [0, 0.1) is 0 Å². The molecule has 0 saturated heterocycles. The number of benzene rings is 1. The fourth-order valence-electron chi connectivity index (χ4n) is 2.87. The molecule has 2 aromatic heterocycles. The summed E-state index contributed by atoms with van der Waals surface area (Å²) in [5, 5.41) is 3.87. The van der Waals surface area contributed by atoms with E-state index in [1.165, 1.54) is 18.2 Å². The molecule has 1 aliphatic carbocycles. The summed E-state index contributed by atoms with van der Waals surface area (Å²) >= 11 is 0. The highest BCUT2D eigenvalue weighted by Crippen LogP contribution is 2.44. The van der Waals surface area contributed by atoms with Crippen LogP contribution in [0.1, 0.15) is 30.7 Å². The Bertz CT molecular complexity index is 854. The van der Waals surface area contributed by atoms with Crippen molar-refractivity contribution < 1.29 is 22.4 Å². The van der Waals surface area contributed by atoms with Crippen molar-refractivity contribution in [2.24, 2.45) is 0 Å². The Morgan fingerprint density at radius 1 is 1.24 bits per heavy atom. The number of imidazole rings is 1. The molecule has 2 heterocycles. The van der Waals surface area contributed by atoms with Gasteiger partial charge in [0.25, 0.3) is 0 Å². The lowest BCUT2D eigenvalue weighted by Crippen LogP contribution is -2.24. The zero-order valence-corrected chi connectivity index (χ0v) is 12.8. The molecule has 25 heavy (non-hydrogen) atoms. The van der Waals surface area contributed by atoms with E-state index in [0.29, 0.717) is 17.5 Å². The third kappa shape index (κ3) is 3.35. The molecule has 1 fully saturated rings. The van der Waals surface area contributed by atoms with E-state index in [0.717, 1.165) is 12.8 Å². The molecule has 0 aliphatic heterocycles. The average Bonchev–Trinajstić information content (AvgIpc) is 3.16. The Balaban J connectivity index is 1.46. The van der Waals surface area contributed by atoms with Crippen LogP contribution in [-0.2, 0) is 0 Å². The minimum absolute atomic E-state index is 0.142. The molecule has 1 saturated carbocycles. The SMILES string of the molecule is FC(F)(F)Oc1cccc(-c2noc(C3CC(n4ccnc4)C3)n2)c1. The molecule has 0 amide bonds. The summed E-state index contributed by atoms with van der Waals surface area (Å²) in [4.78, 5) is 8.34. The number of nitrogens with zero attached hydrogens (tertiary/aromatic N) is 4. The van der Waals surface area contributed by atoms with Crippen LogP contribution in [0.25, 0.3) is 11.4 Å². The molecule has 0 unspecified atom stereocenters. The second-order valence-electron chi connectivity index (χ2n) is 5.86. The Morgan fingerprint density at radius 2 is 2.08 bits per heavy atom. The first kappa shape index (κ1) is 15.7. The van der Waals surface area contributed by atoms with Crippen molar-refractivity contribution in [3.63, 3.8) is 0 Å². The third-order valence-corrected chi connectivity index (χ3v) is 4.18. The molecule has 1 aromatic carbocycles. The van der Waals surface area contributed by atoms with Gasteiger partial charge in [0, 0.05) is 29.9 Å². The second-order valence-corrected chi connectivity index (χ2v) is 5.86. The molecular weight excluding hydrogens is 337 g/mol. The Labute approximate surface area is 140 Å². The van der Waals surface area contributed by atoms with Crippen molar-refractivity contribution in [2.75, 3.05) is 0 Å². The van der Waals surface area contributed by atoms with Gasteiger partial charge in [0.15, 0.2) is 0 Å². The summed E-state index contributed by atoms with van der Waals surface area (Å²) in [7, 11) is 0. The number of alkyl halides is 3. The highest BCUT2D eigenvalue weighted by atomic mass is 19.4. The molecule has 0 bridgehead atoms. The zero-order chi connectivity index (χ0) is 17.4. The first-order chi connectivity index (χ1) is 12.0. The molecular formula is C16H13F3N4O2. The van der Waals surface area contributed by atoms with Gasteiger partial charge < -0.3 is 13.8 Å².